The minimum absolute atomic E-state index is 0.0161. The normalized spacial score (nSPS) is 17.1. The van der Waals surface area contributed by atoms with Crippen molar-refractivity contribution >= 4 is 16.0 Å². The lowest BCUT2D eigenvalue weighted by molar-refractivity contribution is 0.0695. The Kier molecular flexibility index (Phi) is 4.12. The zero-order chi connectivity index (χ0) is 14.9. The molecule has 1 saturated heterocycles. The average Bonchev–Trinajstić information content (AvgIpc) is 2.39. The van der Waals surface area contributed by atoms with Gasteiger partial charge >= 0.3 is 5.97 Å². The molecule has 1 aliphatic heterocycles. The molecule has 1 aliphatic rings. The van der Waals surface area contributed by atoms with E-state index in [9.17, 15) is 13.2 Å². The van der Waals surface area contributed by atoms with Gasteiger partial charge in [-0.2, -0.15) is 4.31 Å². The van der Waals surface area contributed by atoms with Crippen molar-refractivity contribution in [3.05, 3.63) is 28.8 Å². The number of carboxylic acids is 1. The molecule has 0 bridgehead atoms. The van der Waals surface area contributed by atoms with Crippen molar-refractivity contribution in [1.82, 2.24) is 4.31 Å². The molecular weight excluding hydrogens is 282 g/mol. The number of morpholine rings is 1. The number of ether oxygens (including phenoxy) is 1. The summed E-state index contributed by atoms with van der Waals surface area (Å²) >= 11 is 0. The molecule has 20 heavy (non-hydrogen) atoms. The number of hydrogen-bond donors (Lipinski definition) is 1. The molecule has 7 heteroatoms. The van der Waals surface area contributed by atoms with Gasteiger partial charge in [-0.3, -0.25) is 0 Å². The maximum atomic E-state index is 12.6. The molecule has 0 amide bonds. The number of aromatic carboxylic acids is 1. The second-order valence-corrected chi connectivity index (χ2v) is 6.66. The fourth-order valence-corrected chi connectivity index (χ4v) is 3.91. The number of nitrogens with zero attached hydrogens (tertiary/aromatic N) is 1. The van der Waals surface area contributed by atoms with Gasteiger partial charge in [0.15, 0.2) is 0 Å². The molecule has 6 nitrogen and oxygen atoms in total. The first-order valence-corrected chi connectivity index (χ1v) is 7.70. The number of rotatable bonds is 3. The predicted octanol–water partition coefficient (Wildman–Crippen LogP) is 1.02. The van der Waals surface area contributed by atoms with Gasteiger partial charge in [0.25, 0.3) is 0 Å². The maximum absolute atomic E-state index is 12.6. The fraction of sp³-hybridized carbons (Fsp3) is 0.462. The van der Waals surface area contributed by atoms with E-state index in [1.54, 1.807) is 19.9 Å². The molecule has 1 fully saturated rings. The summed E-state index contributed by atoms with van der Waals surface area (Å²) in [5, 5.41) is 9.13. The first kappa shape index (κ1) is 15.0. The van der Waals surface area contributed by atoms with Gasteiger partial charge in [0.1, 0.15) is 0 Å². The summed E-state index contributed by atoms with van der Waals surface area (Å²) in [5.74, 6) is -1.12. The van der Waals surface area contributed by atoms with Crippen molar-refractivity contribution in [1.29, 1.82) is 0 Å². The first-order valence-electron chi connectivity index (χ1n) is 6.26. The monoisotopic (exact) mass is 299 g/mol. The molecule has 0 unspecified atom stereocenters. The summed E-state index contributed by atoms with van der Waals surface area (Å²) in [7, 11) is -3.68. The van der Waals surface area contributed by atoms with Gasteiger partial charge < -0.3 is 9.84 Å². The van der Waals surface area contributed by atoms with Crippen molar-refractivity contribution in [2.75, 3.05) is 26.3 Å². The zero-order valence-electron chi connectivity index (χ0n) is 11.4. The predicted molar refractivity (Wildman–Crippen MR) is 72.5 cm³/mol. The molecule has 1 aromatic rings. The van der Waals surface area contributed by atoms with E-state index >= 15 is 0 Å². The van der Waals surface area contributed by atoms with Crippen LogP contribution in [0.5, 0.6) is 0 Å². The van der Waals surface area contributed by atoms with Crippen LogP contribution >= 0.6 is 0 Å². The Morgan fingerprint density at radius 2 is 1.80 bits per heavy atom. The number of carbonyl (C=O) groups is 1. The highest BCUT2D eigenvalue weighted by atomic mass is 32.2. The lowest BCUT2D eigenvalue weighted by Gasteiger charge is -2.27. The average molecular weight is 299 g/mol. The largest absolute Gasteiger partial charge is 0.478 e. The van der Waals surface area contributed by atoms with E-state index in [1.165, 1.54) is 10.4 Å². The van der Waals surface area contributed by atoms with Crippen molar-refractivity contribution in [3.63, 3.8) is 0 Å². The second kappa shape index (κ2) is 5.51. The Morgan fingerprint density at radius 1 is 1.20 bits per heavy atom. The summed E-state index contributed by atoms with van der Waals surface area (Å²) in [4.78, 5) is 11.2. The Hall–Kier alpha value is -1.44. The van der Waals surface area contributed by atoms with E-state index in [0.717, 1.165) is 0 Å². The Bertz CT molecular complexity index is 632. The third-order valence-corrected chi connectivity index (χ3v) is 5.38. The second-order valence-electron chi connectivity index (χ2n) is 4.75. The van der Waals surface area contributed by atoms with Crippen LogP contribution in [0.2, 0.25) is 0 Å². The molecule has 0 radical (unpaired) electrons. The highest BCUT2D eigenvalue weighted by Crippen LogP contribution is 2.24. The van der Waals surface area contributed by atoms with E-state index in [1.807, 2.05) is 0 Å². The minimum atomic E-state index is -3.68. The van der Waals surface area contributed by atoms with Crippen LogP contribution in [0.15, 0.2) is 17.0 Å². The Labute approximate surface area is 118 Å². The van der Waals surface area contributed by atoms with Crippen LogP contribution in [-0.4, -0.2) is 50.1 Å². The van der Waals surface area contributed by atoms with Gasteiger partial charge in [-0.1, -0.05) is 6.07 Å². The van der Waals surface area contributed by atoms with E-state index in [0.29, 0.717) is 24.3 Å². The summed E-state index contributed by atoms with van der Waals surface area (Å²) < 4.78 is 31.6. The molecule has 0 aromatic heterocycles. The molecule has 0 spiro atoms. The smallest absolute Gasteiger partial charge is 0.335 e. The third-order valence-electron chi connectivity index (χ3n) is 3.34. The lowest BCUT2D eigenvalue weighted by Crippen LogP contribution is -2.40. The molecular formula is C13H17NO5S. The summed E-state index contributed by atoms with van der Waals surface area (Å²) in [6.07, 6.45) is 0. The number of hydrogen-bond acceptors (Lipinski definition) is 4. The van der Waals surface area contributed by atoms with Crippen molar-refractivity contribution in [3.8, 4) is 0 Å². The number of aryl methyl sites for hydroxylation is 2. The van der Waals surface area contributed by atoms with E-state index in [2.05, 4.69) is 0 Å². The van der Waals surface area contributed by atoms with E-state index in [-0.39, 0.29) is 23.5 Å². The number of sulfonamides is 1. The lowest BCUT2D eigenvalue weighted by atomic mass is 10.1. The molecule has 0 atom stereocenters. The fourth-order valence-electron chi connectivity index (χ4n) is 2.27. The van der Waals surface area contributed by atoms with Gasteiger partial charge in [0, 0.05) is 13.1 Å². The van der Waals surface area contributed by atoms with Crippen molar-refractivity contribution in [2.24, 2.45) is 0 Å². The summed E-state index contributed by atoms with van der Waals surface area (Å²) in [5.41, 5.74) is 1.12. The molecule has 110 valence electrons. The maximum Gasteiger partial charge on any atom is 0.335 e. The third kappa shape index (κ3) is 2.70. The zero-order valence-corrected chi connectivity index (χ0v) is 12.2. The highest BCUT2D eigenvalue weighted by molar-refractivity contribution is 7.89. The van der Waals surface area contributed by atoms with Gasteiger partial charge in [-0.05, 0) is 31.0 Å². The number of benzene rings is 1. The molecule has 1 aromatic carbocycles. The van der Waals surface area contributed by atoms with Crippen LogP contribution in [0, 0.1) is 13.8 Å². The van der Waals surface area contributed by atoms with Crippen LogP contribution in [0.3, 0.4) is 0 Å². The van der Waals surface area contributed by atoms with Gasteiger partial charge in [0.05, 0.1) is 23.7 Å². The SMILES string of the molecule is Cc1cc(C)c(S(=O)(=O)N2CCOCC2)cc1C(=O)O. The molecule has 1 N–H and O–H groups in total. The van der Waals surface area contributed by atoms with Crippen molar-refractivity contribution < 1.29 is 23.1 Å². The highest BCUT2D eigenvalue weighted by Gasteiger charge is 2.28. The van der Waals surface area contributed by atoms with Crippen LogP contribution in [0.4, 0.5) is 0 Å². The topological polar surface area (TPSA) is 83.9 Å². The molecule has 1 heterocycles. The van der Waals surface area contributed by atoms with Gasteiger partial charge in [-0.25, -0.2) is 13.2 Å². The minimum Gasteiger partial charge on any atom is -0.478 e. The quantitative estimate of drug-likeness (QED) is 0.901. The van der Waals surface area contributed by atoms with Crippen LogP contribution in [0.25, 0.3) is 0 Å². The molecule has 0 saturated carbocycles. The van der Waals surface area contributed by atoms with Crippen LogP contribution < -0.4 is 0 Å². The Morgan fingerprint density at radius 3 is 2.35 bits per heavy atom. The van der Waals surface area contributed by atoms with Gasteiger partial charge in [0.2, 0.25) is 10.0 Å². The van der Waals surface area contributed by atoms with Crippen LogP contribution in [-0.2, 0) is 14.8 Å². The summed E-state index contributed by atoms with van der Waals surface area (Å²) in [6.45, 7) is 4.62. The van der Waals surface area contributed by atoms with Crippen molar-refractivity contribution in [2.45, 2.75) is 18.7 Å². The van der Waals surface area contributed by atoms with Gasteiger partial charge in [-0.15, -0.1) is 0 Å². The standard InChI is InChI=1S/C13H17NO5S/c1-9-7-10(2)12(8-11(9)13(15)16)20(17,18)14-3-5-19-6-4-14/h7-8H,3-6H2,1-2H3,(H,15,16). The first-order chi connectivity index (χ1) is 9.34. The molecule has 0 aliphatic carbocycles. The molecule has 2 rings (SSSR count). The van der Waals surface area contributed by atoms with E-state index < -0.39 is 16.0 Å². The summed E-state index contributed by atoms with van der Waals surface area (Å²) in [6, 6.07) is 2.84. The Balaban J connectivity index is 2.50. The van der Waals surface area contributed by atoms with Crippen LogP contribution in [0.1, 0.15) is 21.5 Å². The van der Waals surface area contributed by atoms with E-state index in [4.69, 9.17) is 9.84 Å². The number of carboxylic acid groups (broad SMARTS) is 1.